The van der Waals surface area contributed by atoms with E-state index in [4.69, 9.17) is 4.98 Å². The van der Waals surface area contributed by atoms with Crippen LogP contribution in [0.2, 0.25) is 0 Å². The number of amides is 1. The van der Waals surface area contributed by atoms with E-state index in [0.717, 1.165) is 37.5 Å². The lowest BCUT2D eigenvalue weighted by molar-refractivity contribution is -0.113. The summed E-state index contributed by atoms with van der Waals surface area (Å²) in [6, 6.07) is 10.3. The van der Waals surface area contributed by atoms with E-state index in [0.29, 0.717) is 10.6 Å². The van der Waals surface area contributed by atoms with E-state index in [1.54, 1.807) is 0 Å². The molecular weight excluding hydrogens is 362 g/mol. The average molecular weight is 382 g/mol. The zero-order valence-electron chi connectivity index (χ0n) is 15.1. The van der Waals surface area contributed by atoms with Crippen LogP contribution < -0.4 is 5.32 Å². The highest BCUT2D eigenvalue weighted by Crippen LogP contribution is 2.32. The van der Waals surface area contributed by atoms with Crippen LogP contribution in [0.3, 0.4) is 0 Å². The zero-order valence-corrected chi connectivity index (χ0v) is 16.8. The van der Waals surface area contributed by atoms with Gasteiger partial charge in [0, 0.05) is 10.3 Å². The van der Waals surface area contributed by atoms with Crippen molar-refractivity contribution in [3.05, 3.63) is 51.4 Å². The summed E-state index contributed by atoms with van der Waals surface area (Å²) in [5.74, 6) is 0.127. The molecule has 3 aromatic rings. The van der Waals surface area contributed by atoms with Crippen LogP contribution in [0.1, 0.15) is 27.1 Å². The van der Waals surface area contributed by atoms with Gasteiger partial charge in [0.2, 0.25) is 5.91 Å². The van der Waals surface area contributed by atoms with Gasteiger partial charge in [-0.25, -0.2) is 4.98 Å². The van der Waals surface area contributed by atoms with Gasteiger partial charge in [0.25, 0.3) is 0 Å². The summed E-state index contributed by atoms with van der Waals surface area (Å²) in [4.78, 5) is 18.1. The minimum atomic E-state index is -0.128. The number of benzene rings is 1. The molecule has 0 aliphatic rings. The lowest BCUT2D eigenvalue weighted by Gasteiger charge is -2.08. The maximum atomic E-state index is 12.3. The van der Waals surface area contributed by atoms with Crippen LogP contribution in [0.4, 0.5) is 5.00 Å². The molecule has 26 heavy (non-hydrogen) atoms. The number of nitriles is 1. The average Bonchev–Trinajstić information content (AvgIpc) is 2.87. The van der Waals surface area contributed by atoms with Crippen molar-refractivity contribution in [3.8, 4) is 6.07 Å². The number of para-hydroxylation sites is 1. The maximum Gasteiger partial charge on any atom is 0.235 e. The van der Waals surface area contributed by atoms with Gasteiger partial charge in [-0.15, -0.1) is 11.3 Å². The second-order valence-corrected chi connectivity index (χ2v) is 8.40. The number of aromatic nitrogens is 1. The van der Waals surface area contributed by atoms with Gasteiger partial charge in [0.1, 0.15) is 11.1 Å². The molecule has 0 saturated carbocycles. The number of thioether (sulfide) groups is 1. The van der Waals surface area contributed by atoms with Gasteiger partial charge in [0.15, 0.2) is 0 Å². The molecule has 2 heterocycles. The van der Waals surface area contributed by atoms with Gasteiger partial charge in [-0.3, -0.25) is 4.79 Å². The molecule has 2 aromatic heterocycles. The van der Waals surface area contributed by atoms with Gasteiger partial charge >= 0.3 is 0 Å². The monoisotopic (exact) mass is 381 g/mol. The highest BCUT2D eigenvalue weighted by atomic mass is 32.2. The molecule has 4 nitrogen and oxygen atoms in total. The molecule has 1 N–H and O–H groups in total. The third kappa shape index (κ3) is 3.59. The van der Waals surface area contributed by atoms with Crippen molar-refractivity contribution >= 4 is 44.9 Å². The summed E-state index contributed by atoms with van der Waals surface area (Å²) in [6.45, 7) is 7.96. The Morgan fingerprint density at radius 3 is 2.77 bits per heavy atom. The Balaban J connectivity index is 1.74. The van der Waals surface area contributed by atoms with Crippen LogP contribution in [0.25, 0.3) is 10.9 Å². The summed E-state index contributed by atoms with van der Waals surface area (Å²) < 4.78 is 0. The third-order valence-electron chi connectivity index (χ3n) is 4.33. The van der Waals surface area contributed by atoms with Crippen LogP contribution in [-0.2, 0) is 4.79 Å². The highest BCUT2D eigenvalue weighted by molar-refractivity contribution is 7.99. The summed E-state index contributed by atoms with van der Waals surface area (Å²) in [6.07, 6.45) is 0. The molecule has 1 amide bonds. The van der Waals surface area contributed by atoms with Crippen molar-refractivity contribution in [2.24, 2.45) is 0 Å². The fourth-order valence-electron chi connectivity index (χ4n) is 2.76. The van der Waals surface area contributed by atoms with Crippen LogP contribution >= 0.6 is 23.1 Å². The molecule has 0 fully saturated rings. The van der Waals surface area contributed by atoms with E-state index < -0.39 is 0 Å². The molecule has 0 unspecified atom stereocenters. The number of nitrogens with one attached hydrogen (secondary N) is 1. The number of carbonyl (C=O) groups is 1. The number of anilines is 1. The Bertz CT molecular complexity index is 1050. The quantitative estimate of drug-likeness (QED) is 0.636. The van der Waals surface area contributed by atoms with Crippen LogP contribution in [0, 0.1) is 39.0 Å². The molecule has 0 saturated heterocycles. The fourth-order valence-corrected chi connectivity index (χ4v) is 4.55. The van der Waals surface area contributed by atoms with Crippen LogP contribution in [0.15, 0.2) is 29.3 Å². The van der Waals surface area contributed by atoms with Gasteiger partial charge in [-0.1, -0.05) is 30.0 Å². The third-order valence-corrected chi connectivity index (χ3v) is 6.36. The number of hydrogen-bond donors (Lipinski definition) is 1. The predicted molar refractivity (Wildman–Crippen MR) is 109 cm³/mol. The fraction of sp³-hybridized carbons (Fsp3) is 0.250. The van der Waals surface area contributed by atoms with E-state index in [2.05, 4.69) is 24.4 Å². The second-order valence-electron chi connectivity index (χ2n) is 6.18. The van der Waals surface area contributed by atoms with E-state index in [1.165, 1.54) is 23.1 Å². The van der Waals surface area contributed by atoms with Gasteiger partial charge in [-0.05, 0) is 50.5 Å². The summed E-state index contributed by atoms with van der Waals surface area (Å²) in [5.41, 5.74) is 4.74. The Morgan fingerprint density at radius 2 is 2.04 bits per heavy atom. The molecule has 132 valence electrons. The normalized spacial score (nSPS) is 10.7. The largest absolute Gasteiger partial charge is 0.316 e. The summed E-state index contributed by atoms with van der Waals surface area (Å²) in [5, 5.41) is 14.7. The number of thiophene rings is 1. The first-order chi connectivity index (χ1) is 12.4. The topological polar surface area (TPSA) is 65.8 Å². The maximum absolute atomic E-state index is 12.3. The van der Waals surface area contributed by atoms with E-state index in [-0.39, 0.29) is 11.7 Å². The SMILES string of the molecule is Cc1sc(NC(=O)CSc2cc(C)c3cccc(C)c3n2)c(C#N)c1C. The second kappa shape index (κ2) is 7.48. The summed E-state index contributed by atoms with van der Waals surface area (Å²) in [7, 11) is 0. The van der Waals surface area contributed by atoms with Crippen molar-refractivity contribution in [1.29, 1.82) is 5.26 Å². The van der Waals surface area contributed by atoms with Crippen LogP contribution in [-0.4, -0.2) is 16.6 Å². The first kappa shape index (κ1) is 18.4. The number of aryl methyl sites for hydroxylation is 3. The Labute approximate surface area is 161 Å². The number of fused-ring (bicyclic) bond motifs is 1. The molecule has 3 rings (SSSR count). The highest BCUT2D eigenvalue weighted by Gasteiger charge is 2.15. The minimum Gasteiger partial charge on any atom is -0.316 e. The first-order valence-corrected chi connectivity index (χ1v) is 10.0. The van der Waals surface area contributed by atoms with E-state index in [1.807, 2.05) is 39.0 Å². The smallest absolute Gasteiger partial charge is 0.235 e. The molecule has 0 atom stereocenters. The Morgan fingerprint density at radius 1 is 1.27 bits per heavy atom. The number of pyridine rings is 1. The van der Waals surface area contributed by atoms with E-state index in [9.17, 15) is 10.1 Å². The molecular formula is C20H19N3OS2. The molecule has 0 aliphatic carbocycles. The lowest BCUT2D eigenvalue weighted by Crippen LogP contribution is -2.14. The van der Waals surface area contributed by atoms with Crippen molar-refractivity contribution in [3.63, 3.8) is 0 Å². The Kier molecular flexibility index (Phi) is 5.30. The zero-order chi connectivity index (χ0) is 18.8. The number of carbonyl (C=O) groups excluding carboxylic acids is 1. The predicted octanol–water partition coefficient (Wildman–Crippen LogP) is 5.13. The standard InChI is InChI=1S/C20H19N3OS2/c1-11-6-5-7-15-12(2)8-18(23-19(11)15)25-10-17(24)22-20-16(9-21)13(3)14(4)26-20/h5-8H,10H2,1-4H3,(H,22,24). The molecule has 0 aliphatic heterocycles. The summed E-state index contributed by atoms with van der Waals surface area (Å²) >= 11 is 2.85. The van der Waals surface area contributed by atoms with Gasteiger partial charge < -0.3 is 5.32 Å². The van der Waals surface area contributed by atoms with Crippen molar-refractivity contribution in [1.82, 2.24) is 4.98 Å². The molecule has 0 radical (unpaired) electrons. The van der Waals surface area contributed by atoms with Crippen molar-refractivity contribution < 1.29 is 4.79 Å². The van der Waals surface area contributed by atoms with Gasteiger partial charge in [0.05, 0.1) is 21.9 Å². The van der Waals surface area contributed by atoms with Crippen molar-refractivity contribution in [2.45, 2.75) is 32.7 Å². The molecule has 0 spiro atoms. The minimum absolute atomic E-state index is 0.128. The molecule has 6 heteroatoms. The van der Waals surface area contributed by atoms with Crippen LogP contribution in [0.5, 0.6) is 0 Å². The number of rotatable bonds is 4. The molecule has 1 aromatic carbocycles. The van der Waals surface area contributed by atoms with E-state index >= 15 is 0 Å². The van der Waals surface area contributed by atoms with Crippen molar-refractivity contribution in [2.75, 3.05) is 11.1 Å². The molecule has 0 bridgehead atoms. The number of nitrogens with zero attached hydrogens (tertiary/aromatic N) is 2. The van der Waals surface area contributed by atoms with Gasteiger partial charge in [-0.2, -0.15) is 5.26 Å². The Hall–Kier alpha value is -2.36. The lowest BCUT2D eigenvalue weighted by atomic mass is 10.1. The number of hydrogen-bond acceptors (Lipinski definition) is 5. The first-order valence-electron chi connectivity index (χ1n) is 8.20.